The smallest absolute Gasteiger partial charge is 0.231 e. The standard InChI is InChI=1S/C10H10BrNO2/c1-7(11)5-12-8-2-3-9-10(4-8)14-6-13-9/h2-4,12H,1,5-6H2. The average Bonchev–Trinajstić information content (AvgIpc) is 2.61. The third-order valence-electron chi connectivity index (χ3n) is 1.86. The molecule has 0 saturated heterocycles. The summed E-state index contributed by atoms with van der Waals surface area (Å²) in [5, 5.41) is 3.19. The zero-order valence-electron chi connectivity index (χ0n) is 7.55. The van der Waals surface area contributed by atoms with Gasteiger partial charge in [0.05, 0.1) is 0 Å². The van der Waals surface area contributed by atoms with Crippen molar-refractivity contribution >= 4 is 21.6 Å². The first-order valence-electron chi connectivity index (χ1n) is 4.22. The van der Waals surface area contributed by atoms with Gasteiger partial charge in [0.1, 0.15) is 0 Å². The lowest BCUT2D eigenvalue weighted by atomic mass is 10.3. The first-order valence-corrected chi connectivity index (χ1v) is 5.02. The van der Waals surface area contributed by atoms with E-state index in [1.54, 1.807) is 0 Å². The number of hydrogen-bond donors (Lipinski definition) is 1. The molecule has 2 rings (SSSR count). The van der Waals surface area contributed by atoms with Gasteiger partial charge in [-0.2, -0.15) is 0 Å². The summed E-state index contributed by atoms with van der Waals surface area (Å²) in [5.74, 6) is 1.59. The Hall–Kier alpha value is -1.16. The summed E-state index contributed by atoms with van der Waals surface area (Å²) in [4.78, 5) is 0. The van der Waals surface area contributed by atoms with Gasteiger partial charge in [0.25, 0.3) is 0 Å². The van der Waals surface area contributed by atoms with Crippen LogP contribution >= 0.6 is 15.9 Å². The van der Waals surface area contributed by atoms with E-state index in [-0.39, 0.29) is 0 Å². The van der Waals surface area contributed by atoms with Crippen molar-refractivity contribution in [2.24, 2.45) is 0 Å². The quantitative estimate of drug-likeness (QED) is 0.901. The van der Waals surface area contributed by atoms with Crippen LogP contribution < -0.4 is 14.8 Å². The van der Waals surface area contributed by atoms with Gasteiger partial charge in [-0.15, -0.1) is 0 Å². The maximum atomic E-state index is 5.25. The molecule has 1 aromatic rings. The summed E-state index contributed by atoms with van der Waals surface area (Å²) in [7, 11) is 0. The summed E-state index contributed by atoms with van der Waals surface area (Å²) in [6.07, 6.45) is 0. The van der Waals surface area contributed by atoms with Gasteiger partial charge in [-0.1, -0.05) is 22.5 Å². The zero-order valence-corrected chi connectivity index (χ0v) is 9.13. The Morgan fingerprint density at radius 1 is 1.43 bits per heavy atom. The Morgan fingerprint density at radius 2 is 2.21 bits per heavy atom. The molecule has 0 saturated carbocycles. The highest BCUT2D eigenvalue weighted by Gasteiger charge is 2.12. The van der Waals surface area contributed by atoms with Crippen LogP contribution in [0.5, 0.6) is 11.5 Å². The summed E-state index contributed by atoms with van der Waals surface area (Å²) in [5.41, 5.74) is 0.995. The Labute approximate surface area is 90.8 Å². The highest BCUT2D eigenvalue weighted by Crippen LogP contribution is 2.34. The molecule has 0 spiro atoms. The molecule has 4 heteroatoms. The number of anilines is 1. The normalized spacial score (nSPS) is 12.6. The lowest BCUT2D eigenvalue weighted by Crippen LogP contribution is -1.99. The maximum absolute atomic E-state index is 5.25. The predicted molar refractivity (Wildman–Crippen MR) is 59.1 cm³/mol. The lowest BCUT2D eigenvalue weighted by molar-refractivity contribution is 0.174. The number of hydrogen-bond acceptors (Lipinski definition) is 3. The molecule has 0 radical (unpaired) electrons. The van der Waals surface area contributed by atoms with E-state index in [0.29, 0.717) is 13.3 Å². The fraction of sp³-hybridized carbons (Fsp3) is 0.200. The van der Waals surface area contributed by atoms with Crippen LogP contribution in [0.3, 0.4) is 0 Å². The molecule has 74 valence electrons. The predicted octanol–water partition coefficient (Wildman–Crippen LogP) is 2.74. The van der Waals surface area contributed by atoms with E-state index in [2.05, 4.69) is 27.8 Å². The highest BCUT2D eigenvalue weighted by atomic mass is 79.9. The minimum Gasteiger partial charge on any atom is -0.454 e. The van der Waals surface area contributed by atoms with Gasteiger partial charge in [0.2, 0.25) is 6.79 Å². The summed E-state index contributed by atoms with van der Waals surface area (Å²) < 4.78 is 11.4. The molecule has 0 unspecified atom stereocenters. The van der Waals surface area contributed by atoms with Crippen molar-refractivity contribution in [3.8, 4) is 11.5 Å². The molecule has 0 bridgehead atoms. The van der Waals surface area contributed by atoms with Gasteiger partial charge in [0, 0.05) is 22.8 Å². The van der Waals surface area contributed by atoms with E-state index in [9.17, 15) is 0 Å². The Balaban J connectivity index is 2.09. The first-order chi connectivity index (χ1) is 6.75. The van der Waals surface area contributed by atoms with E-state index in [4.69, 9.17) is 9.47 Å². The largest absolute Gasteiger partial charge is 0.454 e. The molecule has 1 aliphatic rings. The third kappa shape index (κ3) is 2.01. The second-order valence-electron chi connectivity index (χ2n) is 2.94. The molecule has 1 heterocycles. The topological polar surface area (TPSA) is 30.5 Å². The first kappa shape index (κ1) is 9.40. The number of halogens is 1. The number of nitrogens with one attached hydrogen (secondary N) is 1. The summed E-state index contributed by atoms with van der Waals surface area (Å²) in [6.45, 7) is 4.74. The van der Waals surface area contributed by atoms with Crippen LogP contribution in [0.15, 0.2) is 29.3 Å². The Bertz CT molecular complexity index is 365. The van der Waals surface area contributed by atoms with Gasteiger partial charge in [-0.25, -0.2) is 0 Å². The van der Waals surface area contributed by atoms with Crippen LogP contribution in [0.1, 0.15) is 0 Å². The second-order valence-corrected chi connectivity index (χ2v) is 4.06. The summed E-state index contributed by atoms with van der Waals surface area (Å²) >= 11 is 3.28. The van der Waals surface area contributed by atoms with Gasteiger partial charge in [-0.3, -0.25) is 0 Å². The molecule has 1 aromatic carbocycles. The molecule has 0 amide bonds. The van der Waals surface area contributed by atoms with Crippen molar-refractivity contribution in [3.63, 3.8) is 0 Å². The van der Waals surface area contributed by atoms with Crippen molar-refractivity contribution in [1.82, 2.24) is 0 Å². The van der Waals surface area contributed by atoms with E-state index in [1.807, 2.05) is 18.2 Å². The molecule has 0 atom stereocenters. The van der Waals surface area contributed by atoms with E-state index >= 15 is 0 Å². The minimum absolute atomic E-state index is 0.309. The van der Waals surface area contributed by atoms with Gasteiger partial charge in [0.15, 0.2) is 11.5 Å². The molecule has 0 aliphatic carbocycles. The number of benzene rings is 1. The van der Waals surface area contributed by atoms with Crippen LogP contribution in [0, 0.1) is 0 Å². The van der Waals surface area contributed by atoms with Crippen LogP contribution in [-0.4, -0.2) is 13.3 Å². The summed E-state index contributed by atoms with van der Waals surface area (Å²) in [6, 6.07) is 5.75. The van der Waals surface area contributed by atoms with Crippen molar-refractivity contribution < 1.29 is 9.47 Å². The maximum Gasteiger partial charge on any atom is 0.231 e. The number of fused-ring (bicyclic) bond motifs is 1. The SMILES string of the molecule is C=C(Br)CNc1ccc2c(c1)OCO2. The monoisotopic (exact) mass is 255 g/mol. The Kier molecular flexibility index (Phi) is 2.63. The van der Waals surface area contributed by atoms with Crippen molar-refractivity contribution in [1.29, 1.82) is 0 Å². The van der Waals surface area contributed by atoms with Gasteiger partial charge in [-0.05, 0) is 12.1 Å². The number of ether oxygens (including phenoxy) is 2. The molecular formula is C10H10BrNO2. The van der Waals surface area contributed by atoms with Gasteiger partial charge < -0.3 is 14.8 Å². The third-order valence-corrected chi connectivity index (χ3v) is 2.14. The molecular weight excluding hydrogens is 246 g/mol. The molecule has 1 aliphatic heterocycles. The van der Waals surface area contributed by atoms with E-state index < -0.39 is 0 Å². The minimum atomic E-state index is 0.309. The molecule has 1 N–H and O–H groups in total. The van der Waals surface area contributed by atoms with Crippen molar-refractivity contribution in [2.45, 2.75) is 0 Å². The fourth-order valence-corrected chi connectivity index (χ4v) is 1.34. The van der Waals surface area contributed by atoms with Crippen LogP contribution in [0.2, 0.25) is 0 Å². The van der Waals surface area contributed by atoms with E-state index in [0.717, 1.165) is 21.7 Å². The van der Waals surface area contributed by atoms with Crippen LogP contribution in [0.4, 0.5) is 5.69 Å². The lowest BCUT2D eigenvalue weighted by Gasteiger charge is -2.05. The average molecular weight is 256 g/mol. The van der Waals surface area contributed by atoms with Crippen molar-refractivity contribution in [3.05, 3.63) is 29.3 Å². The second kappa shape index (κ2) is 3.92. The molecule has 3 nitrogen and oxygen atoms in total. The Morgan fingerprint density at radius 3 is 3.00 bits per heavy atom. The zero-order chi connectivity index (χ0) is 9.97. The molecule has 0 aromatic heterocycles. The fourth-order valence-electron chi connectivity index (χ4n) is 1.20. The van der Waals surface area contributed by atoms with Crippen LogP contribution in [-0.2, 0) is 0 Å². The van der Waals surface area contributed by atoms with E-state index in [1.165, 1.54) is 0 Å². The molecule has 0 fully saturated rings. The molecule has 14 heavy (non-hydrogen) atoms. The van der Waals surface area contributed by atoms with Crippen LogP contribution in [0.25, 0.3) is 0 Å². The highest BCUT2D eigenvalue weighted by molar-refractivity contribution is 9.11. The van der Waals surface area contributed by atoms with Gasteiger partial charge >= 0.3 is 0 Å². The van der Waals surface area contributed by atoms with Crippen molar-refractivity contribution in [2.75, 3.05) is 18.7 Å². The number of rotatable bonds is 3.